The Balaban J connectivity index is 1.94. The van der Waals surface area contributed by atoms with E-state index in [0.29, 0.717) is 12.1 Å². The van der Waals surface area contributed by atoms with Crippen LogP contribution in [0.2, 0.25) is 0 Å². The van der Waals surface area contributed by atoms with Gasteiger partial charge in [-0.2, -0.15) is 0 Å². The first-order chi connectivity index (χ1) is 13.7. The maximum atomic E-state index is 13.3. The minimum absolute atomic E-state index is 0.0819. The van der Waals surface area contributed by atoms with Gasteiger partial charge in [0.1, 0.15) is 6.04 Å². The maximum absolute atomic E-state index is 13.3. The third-order valence-corrected chi connectivity index (χ3v) is 6.78. The topological polar surface area (TPSA) is 66.5 Å². The molecular weight excluding hydrogens is 384 g/mol. The van der Waals surface area contributed by atoms with Crippen LogP contribution >= 0.6 is 0 Å². The number of aryl methyl sites for hydroxylation is 3. The van der Waals surface area contributed by atoms with Crippen molar-refractivity contribution >= 4 is 21.6 Å². The summed E-state index contributed by atoms with van der Waals surface area (Å²) in [6, 6.07) is 13.0. The summed E-state index contributed by atoms with van der Waals surface area (Å²) in [5.74, 6) is -0.250. The number of nitrogens with zero attached hydrogens (tertiary/aromatic N) is 1. The Morgan fingerprint density at radius 2 is 1.93 bits per heavy atom. The van der Waals surface area contributed by atoms with Crippen molar-refractivity contribution < 1.29 is 13.2 Å². The van der Waals surface area contributed by atoms with Crippen molar-refractivity contribution in [1.82, 2.24) is 5.32 Å². The number of fused-ring (bicyclic) bond motifs is 1. The summed E-state index contributed by atoms with van der Waals surface area (Å²) in [5.41, 5.74) is 4.75. The number of amides is 1. The summed E-state index contributed by atoms with van der Waals surface area (Å²) in [7, 11) is -3.64. The molecule has 156 valence electrons. The number of hydrogen-bond acceptors (Lipinski definition) is 3. The first-order valence-electron chi connectivity index (χ1n) is 10.2. The Labute approximate surface area is 174 Å². The number of benzene rings is 2. The SMILES string of the molecule is CCC(C(=O)NC1CCCc2ccccc21)N(c1cc(C)ccc1C)S(C)(=O)=O. The number of hydrogen-bond donors (Lipinski definition) is 1. The molecule has 1 aliphatic carbocycles. The molecular formula is C23H30N2O3S. The third kappa shape index (κ3) is 4.64. The molecule has 0 bridgehead atoms. The minimum Gasteiger partial charge on any atom is -0.347 e. The number of sulfonamides is 1. The largest absolute Gasteiger partial charge is 0.347 e. The van der Waals surface area contributed by atoms with Crippen molar-refractivity contribution in [2.24, 2.45) is 0 Å². The molecule has 0 aromatic heterocycles. The van der Waals surface area contributed by atoms with Crippen molar-refractivity contribution in [2.75, 3.05) is 10.6 Å². The maximum Gasteiger partial charge on any atom is 0.244 e. The smallest absolute Gasteiger partial charge is 0.244 e. The fourth-order valence-electron chi connectivity index (χ4n) is 4.16. The molecule has 2 unspecified atom stereocenters. The van der Waals surface area contributed by atoms with Crippen LogP contribution in [0.4, 0.5) is 5.69 Å². The van der Waals surface area contributed by atoms with Crippen molar-refractivity contribution in [3.05, 3.63) is 64.7 Å². The van der Waals surface area contributed by atoms with Gasteiger partial charge in [-0.05, 0) is 67.9 Å². The average molecular weight is 415 g/mol. The standard InChI is InChI=1S/C23H30N2O3S/c1-5-21(25(29(4,27)28)22-15-16(2)13-14-17(22)3)23(26)24-20-12-8-10-18-9-6-7-11-19(18)20/h6-7,9,11,13-15,20-21H,5,8,10,12H2,1-4H3,(H,24,26). The van der Waals surface area contributed by atoms with E-state index < -0.39 is 16.1 Å². The van der Waals surface area contributed by atoms with Gasteiger partial charge in [0.05, 0.1) is 18.0 Å². The summed E-state index contributed by atoms with van der Waals surface area (Å²) in [5, 5.41) is 3.14. The predicted octanol–water partition coefficient (Wildman–Crippen LogP) is 4.04. The van der Waals surface area contributed by atoms with E-state index in [4.69, 9.17) is 0 Å². The van der Waals surface area contributed by atoms with Crippen LogP contribution in [0.5, 0.6) is 0 Å². The van der Waals surface area contributed by atoms with E-state index in [9.17, 15) is 13.2 Å². The lowest BCUT2D eigenvalue weighted by Crippen LogP contribution is -2.50. The molecule has 1 N–H and O–H groups in total. The fraction of sp³-hybridized carbons (Fsp3) is 0.435. The average Bonchev–Trinajstić information content (AvgIpc) is 2.67. The summed E-state index contributed by atoms with van der Waals surface area (Å²) < 4.78 is 26.8. The molecule has 0 spiro atoms. The van der Waals surface area contributed by atoms with Crippen LogP contribution in [0.3, 0.4) is 0 Å². The Morgan fingerprint density at radius 3 is 2.62 bits per heavy atom. The summed E-state index contributed by atoms with van der Waals surface area (Å²) in [6.45, 7) is 5.64. The summed E-state index contributed by atoms with van der Waals surface area (Å²) in [4.78, 5) is 13.3. The van der Waals surface area contributed by atoms with E-state index in [1.807, 2.05) is 51.1 Å². The van der Waals surface area contributed by atoms with Gasteiger partial charge in [-0.25, -0.2) is 8.42 Å². The van der Waals surface area contributed by atoms with Gasteiger partial charge in [0.15, 0.2) is 0 Å². The van der Waals surface area contributed by atoms with Crippen molar-refractivity contribution in [3.8, 4) is 0 Å². The lowest BCUT2D eigenvalue weighted by atomic mass is 9.87. The predicted molar refractivity (Wildman–Crippen MR) is 118 cm³/mol. The van der Waals surface area contributed by atoms with E-state index in [0.717, 1.165) is 36.0 Å². The van der Waals surface area contributed by atoms with Gasteiger partial charge < -0.3 is 5.32 Å². The van der Waals surface area contributed by atoms with Crippen molar-refractivity contribution in [3.63, 3.8) is 0 Å². The number of anilines is 1. The molecule has 0 heterocycles. The van der Waals surface area contributed by atoms with Crippen LogP contribution in [-0.2, 0) is 21.2 Å². The molecule has 0 saturated heterocycles. The van der Waals surface area contributed by atoms with Crippen molar-refractivity contribution in [1.29, 1.82) is 0 Å². The molecule has 0 saturated carbocycles. The van der Waals surface area contributed by atoms with Crippen LogP contribution in [0.15, 0.2) is 42.5 Å². The Bertz CT molecular complexity index is 1000. The number of carbonyl (C=O) groups is 1. The first-order valence-corrected chi connectivity index (χ1v) is 12.0. The molecule has 6 heteroatoms. The fourth-order valence-corrected chi connectivity index (χ4v) is 5.43. The molecule has 0 aliphatic heterocycles. The van der Waals surface area contributed by atoms with Gasteiger partial charge in [-0.15, -0.1) is 0 Å². The zero-order chi connectivity index (χ0) is 21.2. The highest BCUT2D eigenvalue weighted by Gasteiger charge is 2.34. The molecule has 2 atom stereocenters. The summed E-state index contributed by atoms with van der Waals surface area (Å²) >= 11 is 0. The quantitative estimate of drug-likeness (QED) is 0.776. The Kier molecular flexibility index (Phi) is 6.32. The molecule has 0 fully saturated rings. The zero-order valence-electron chi connectivity index (χ0n) is 17.6. The van der Waals surface area contributed by atoms with Crippen LogP contribution in [0.1, 0.15) is 54.5 Å². The summed E-state index contributed by atoms with van der Waals surface area (Å²) in [6.07, 6.45) is 4.44. The molecule has 1 amide bonds. The van der Waals surface area contributed by atoms with E-state index in [1.54, 1.807) is 0 Å². The van der Waals surface area contributed by atoms with Crippen LogP contribution in [0.25, 0.3) is 0 Å². The number of rotatable bonds is 6. The second-order valence-corrected chi connectivity index (χ2v) is 9.78. The van der Waals surface area contributed by atoms with Gasteiger partial charge in [-0.1, -0.05) is 43.3 Å². The number of carbonyl (C=O) groups excluding carboxylic acids is 1. The highest BCUT2D eigenvalue weighted by atomic mass is 32.2. The second-order valence-electron chi connectivity index (χ2n) is 7.93. The van der Waals surface area contributed by atoms with Gasteiger partial charge in [0.25, 0.3) is 0 Å². The molecule has 5 nitrogen and oxygen atoms in total. The van der Waals surface area contributed by atoms with Gasteiger partial charge in [-0.3, -0.25) is 9.10 Å². The molecule has 2 aromatic rings. The van der Waals surface area contributed by atoms with Crippen molar-refractivity contribution in [2.45, 2.75) is 58.5 Å². The Hall–Kier alpha value is -2.34. The van der Waals surface area contributed by atoms with E-state index in [1.165, 1.54) is 16.1 Å². The molecule has 1 aliphatic rings. The molecule has 0 radical (unpaired) electrons. The lowest BCUT2D eigenvalue weighted by molar-refractivity contribution is -0.123. The minimum atomic E-state index is -3.64. The Morgan fingerprint density at radius 1 is 1.21 bits per heavy atom. The lowest BCUT2D eigenvalue weighted by Gasteiger charge is -2.34. The van der Waals surface area contributed by atoms with Crippen LogP contribution in [-0.4, -0.2) is 26.6 Å². The second kappa shape index (κ2) is 8.57. The zero-order valence-corrected chi connectivity index (χ0v) is 18.4. The van der Waals surface area contributed by atoms with Gasteiger partial charge in [0.2, 0.25) is 15.9 Å². The molecule has 2 aromatic carbocycles. The van der Waals surface area contributed by atoms with E-state index >= 15 is 0 Å². The third-order valence-electron chi connectivity index (χ3n) is 5.62. The van der Waals surface area contributed by atoms with Crippen LogP contribution < -0.4 is 9.62 Å². The van der Waals surface area contributed by atoms with E-state index in [2.05, 4.69) is 17.4 Å². The van der Waals surface area contributed by atoms with Gasteiger partial charge >= 0.3 is 0 Å². The number of nitrogens with one attached hydrogen (secondary N) is 1. The van der Waals surface area contributed by atoms with Gasteiger partial charge in [0, 0.05) is 0 Å². The molecule has 3 rings (SSSR count). The highest BCUT2D eigenvalue weighted by molar-refractivity contribution is 7.92. The van der Waals surface area contributed by atoms with E-state index in [-0.39, 0.29) is 11.9 Å². The van der Waals surface area contributed by atoms with Crippen LogP contribution in [0, 0.1) is 13.8 Å². The normalized spacial score (nSPS) is 17.3. The first kappa shape index (κ1) is 21.4. The molecule has 29 heavy (non-hydrogen) atoms. The highest BCUT2D eigenvalue weighted by Crippen LogP contribution is 2.31. The monoisotopic (exact) mass is 414 g/mol.